The van der Waals surface area contributed by atoms with E-state index < -0.39 is 14.0 Å². The molecule has 0 spiro atoms. The maximum absolute atomic E-state index is 14.8. The molecule has 0 aromatic carbocycles. The van der Waals surface area contributed by atoms with Gasteiger partial charge in [-0.15, -0.1) is 0 Å². The lowest BCUT2D eigenvalue weighted by Crippen LogP contribution is -2.42. The van der Waals surface area contributed by atoms with Gasteiger partial charge in [-0.05, 0) is 56.5 Å². The lowest BCUT2D eigenvalue weighted by Gasteiger charge is -2.35. The quantitative estimate of drug-likeness (QED) is 0.361. The Labute approximate surface area is 170 Å². The molecule has 0 bridgehead atoms. The van der Waals surface area contributed by atoms with Crippen molar-refractivity contribution in [2.45, 2.75) is 90.2 Å². The van der Waals surface area contributed by atoms with Gasteiger partial charge in [0.05, 0.1) is 6.10 Å². The Balaban J connectivity index is 2.23. The lowest BCUT2D eigenvalue weighted by molar-refractivity contribution is 0.145. The molecule has 0 aliphatic heterocycles. The van der Waals surface area contributed by atoms with Crippen molar-refractivity contribution in [2.75, 3.05) is 13.1 Å². The predicted molar refractivity (Wildman–Crippen MR) is 115 cm³/mol. The molecule has 1 saturated carbocycles. The summed E-state index contributed by atoms with van der Waals surface area (Å²) in [6.45, 7) is 11.6. The van der Waals surface area contributed by atoms with E-state index in [0.717, 1.165) is 47.8 Å². The molecule has 1 unspecified atom stereocenters. The predicted octanol–water partition coefficient (Wildman–Crippen LogP) is 6.29. The first-order chi connectivity index (χ1) is 12.8. The molecule has 6 heteroatoms. The normalized spacial score (nSPS) is 18.0. The molecule has 1 aliphatic carbocycles. The summed E-state index contributed by atoms with van der Waals surface area (Å²) < 4.78 is 21.6. The van der Waals surface area contributed by atoms with Gasteiger partial charge in [0.2, 0.25) is 0 Å². The number of nitrogens with one attached hydrogen (secondary N) is 1. The van der Waals surface area contributed by atoms with Crippen LogP contribution in [0, 0.1) is 13.8 Å². The third kappa shape index (κ3) is 5.75. The first-order valence-electron chi connectivity index (χ1n) is 10.5. The molecule has 2 rings (SSSR count). The van der Waals surface area contributed by atoms with Crippen LogP contribution in [0.1, 0.15) is 69.4 Å². The Morgan fingerprint density at radius 1 is 1.22 bits per heavy atom. The van der Waals surface area contributed by atoms with Crippen LogP contribution in [0.4, 0.5) is 4.39 Å². The summed E-state index contributed by atoms with van der Waals surface area (Å²) in [4.78, 5) is 4.46. The van der Waals surface area contributed by atoms with Gasteiger partial charge in [-0.3, -0.25) is 0 Å². The van der Waals surface area contributed by atoms with Crippen molar-refractivity contribution < 1.29 is 8.82 Å². The highest BCUT2D eigenvalue weighted by Crippen LogP contribution is 2.35. The molecule has 3 nitrogen and oxygen atoms in total. The van der Waals surface area contributed by atoms with Gasteiger partial charge < -0.3 is 9.74 Å². The Hall–Kier alpha value is -0.493. The van der Waals surface area contributed by atoms with Crippen molar-refractivity contribution in [3.63, 3.8) is 0 Å². The number of halogens is 2. The van der Waals surface area contributed by atoms with Gasteiger partial charge in [0, 0.05) is 24.3 Å². The van der Waals surface area contributed by atoms with Crippen molar-refractivity contribution >= 4 is 19.9 Å². The van der Waals surface area contributed by atoms with Crippen LogP contribution in [0.3, 0.4) is 0 Å². The smallest absolute Gasteiger partial charge is 0.192 e. The standard InChI is InChI=1S/C21H36ClFN2OSi/c1-6-27(7-2,8-3)26-18(14-24-15-21(23)11-9-10-12-21)19-16(4)13-17(5)25-20(19)22/h13,18,24H,6-12,14-15H2,1-5H3. The summed E-state index contributed by atoms with van der Waals surface area (Å²) in [6, 6.07) is 5.26. The van der Waals surface area contributed by atoms with Crippen molar-refractivity contribution in [2.24, 2.45) is 0 Å². The molecule has 1 fully saturated rings. The van der Waals surface area contributed by atoms with E-state index in [1.165, 1.54) is 0 Å². The van der Waals surface area contributed by atoms with Gasteiger partial charge in [0.25, 0.3) is 0 Å². The molecule has 0 radical (unpaired) electrons. The minimum absolute atomic E-state index is 0.179. The number of aromatic nitrogens is 1. The maximum Gasteiger partial charge on any atom is 0.192 e. The van der Waals surface area contributed by atoms with Crippen LogP contribution in [0.5, 0.6) is 0 Å². The Morgan fingerprint density at radius 3 is 2.33 bits per heavy atom. The van der Waals surface area contributed by atoms with Crippen molar-refractivity contribution in [1.29, 1.82) is 0 Å². The monoisotopic (exact) mass is 414 g/mol. The maximum atomic E-state index is 14.8. The van der Waals surface area contributed by atoms with Crippen LogP contribution in [0.25, 0.3) is 0 Å². The SMILES string of the molecule is CC[Si](CC)(CC)OC(CNCC1(F)CCCC1)c1c(C)cc(C)nc1Cl. The van der Waals surface area contributed by atoms with Crippen LogP contribution < -0.4 is 5.32 Å². The summed E-state index contributed by atoms with van der Waals surface area (Å²) >= 11 is 6.54. The van der Waals surface area contributed by atoms with E-state index >= 15 is 0 Å². The highest BCUT2D eigenvalue weighted by atomic mass is 35.5. The zero-order chi connectivity index (χ0) is 20.1. The third-order valence-corrected chi connectivity index (χ3v) is 11.2. The van der Waals surface area contributed by atoms with E-state index in [1.54, 1.807) is 0 Å². The first kappa shape index (κ1) is 22.8. The van der Waals surface area contributed by atoms with Crippen LogP contribution in [-0.4, -0.2) is 32.1 Å². The molecule has 27 heavy (non-hydrogen) atoms. The summed E-state index contributed by atoms with van der Waals surface area (Å²) in [7, 11) is -1.84. The molecule has 0 saturated heterocycles. The molecule has 1 heterocycles. The summed E-state index contributed by atoms with van der Waals surface area (Å²) in [5.74, 6) is 0. The van der Waals surface area contributed by atoms with Gasteiger partial charge in [0.15, 0.2) is 8.32 Å². The molecular formula is C21H36ClFN2OSi. The van der Waals surface area contributed by atoms with Gasteiger partial charge in [0.1, 0.15) is 10.8 Å². The molecule has 1 aromatic rings. The zero-order valence-corrected chi connectivity index (χ0v) is 19.4. The number of rotatable bonds is 10. The fraction of sp³-hybridized carbons (Fsp3) is 0.762. The zero-order valence-electron chi connectivity index (χ0n) is 17.6. The van der Waals surface area contributed by atoms with Crippen LogP contribution in [0.15, 0.2) is 6.07 Å². The molecular weight excluding hydrogens is 379 g/mol. The third-order valence-electron chi connectivity index (χ3n) is 6.27. The number of nitrogens with zero attached hydrogens (tertiary/aromatic N) is 1. The van der Waals surface area contributed by atoms with Crippen LogP contribution >= 0.6 is 11.6 Å². The number of pyridine rings is 1. The molecule has 1 aromatic heterocycles. The average molecular weight is 415 g/mol. The summed E-state index contributed by atoms with van der Waals surface area (Å²) in [5, 5.41) is 3.88. The van der Waals surface area contributed by atoms with E-state index in [4.69, 9.17) is 16.0 Å². The first-order valence-corrected chi connectivity index (χ1v) is 13.4. The highest BCUT2D eigenvalue weighted by molar-refractivity contribution is 6.73. The number of aryl methyl sites for hydroxylation is 2. The fourth-order valence-electron chi connectivity index (χ4n) is 4.31. The van der Waals surface area contributed by atoms with Gasteiger partial charge in [-0.2, -0.15) is 0 Å². The summed E-state index contributed by atoms with van der Waals surface area (Å²) in [6.07, 6.45) is 3.12. The number of alkyl halides is 1. The molecule has 1 aliphatic rings. The van der Waals surface area contributed by atoms with Crippen molar-refractivity contribution in [1.82, 2.24) is 10.3 Å². The topological polar surface area (TPSA) is 34.1 Å². The van der Waals surface area contributed by atoms with E-state index in [-0.39, 0.29) is 6.10 Å². The molecule has 0 amide bonds. The second-order valence-electron chi connectivity index (χ2n) is 8.12. The van der Waals surface area contributed by atoms with E-state index in [9.17, 15) is 4.39 Å². The Morgan fingerprint density at radius 2 is 1.81 bits per heavy atom. The second-order valence-corrected chi connectivity index (χ2v) is 13.2. The van der Waals surface area contributed by atoms with Gasteiger partial charge >= 0.3 is 0 Å². The van der Waals surface area contributed by atoms with E-state index in [2.05, 4.69) is 44.1 Å². The molecule has 1 atom stereocenters. The van der Waals surface area contributed by atoms with E-state index in [0.29, 0.717) is 31.1 Å². The Bertz CT molecular complexity index is 587. The lowest BCUT2D eigenvalue weighted by atomic mass is 10.0. The van der Waals surface area contributed by atoms with Crippen LogP contribution in [0.2, 0.25) is 23.3 Å². The van der Waals surface area contributed by atoms with E-state index in [1.807, 2.05) is 6.92 Å². The van der Waals surface area contributed by atoms with Gasteiger partial charge in [-0.1, -0.05) is 45.2 Å². The minimum atomic E-state index is -1.84. The number of hydrogen-bond donors (Lipinski definition) is 1. The van der Waals surface area contributed by atoms with Crippen LogP contribution in [-0.2, 0) is 4.43 Å². The molecule has 1 N–H and O–H groups in total. The van der Waals surface area contributed by atoms with Gasteiger partial charge in [-0.25, -0.2) is 9.37 Å². The molecule has 154 valence electrons. The largest absolute Gasteiger partial charge is 0.409 e. The summed E-state index contributed by atoms with van der Waals surface area (Å²) in [5.41, 5.74) is 1.90. The average Bonchev–Trinajstić information content (AvgIpc) is 3.05. The van der Waals surface area contributed by atoms with Crippen molar-refractivity contribution in [3.8, 4) is 0 Å². The van der Waals surface area contributed by atoms with Crippen molar-refractivity contribution in [3.05, 3.63) is 28.0 Å². The minimum Gasteiger partial charge on any atom is -0.409 e. The Kier molecular flexibility index (Phi) is 8.29. The fourth-order valence-corrected chi connectivity index (χ4v) is 7.51. The second kappa shape index (κ2) is 9.81. The highest BCUT2D eigenvalue weighted by Gasteiger charge is 2.36. The number of hydrogen-bond acceptors (Lipinski definition) is 3.